The van der Waals surface area contributed by atoms with Gasteiger partial charge in [-0.15, -0.1) is 11.7 Å². The number of thioether (sulfide) groups is 1. The predicted octanol–water partition coefficient (Wildman–Crippen LogP) is 3.42. The van der Waals surface area contributed by atoms with Crippen molar-refractivity contribution in [2.75, 3.05) is 5.75 Å². The topological polar surface area (TPSA) is 59.9 Å². The lowest BCUT2D eigenvalue weighted by atomic mass is 10.2. The largest absolute Gasteiger partial charge is 0.489 e. The maximum Gasteiger partial charge on any atom is 0.348 e. The molecular weight excluding hydrogens is 322 g/mol. The van der Waals surface area contributed by atoms with Crippen LogP contribution in [0.4, 0.5) is 0 Å². The highest BCUT2D eigenvalue weighted by atomic mass is 32.2. The summed E-state index contributed by atoms with van der Waals surface area (Å²) in [6, 6.07) is 17.3. The lowest BCUT2D eigenvalue weighted by Crippen LogP contribution is -2.15. The Morgan fingerprint density at radius 1 is 1.17 bits per heavy atom. The number of ether oxygens (including phenoxy) is 1. The quantitative estimate of drug-likeness (QED) is 0.529. The summed E-state index contributed by atoms with van der Waals surface area (Å²) in [5.74, 6) is 1.43. The van der Waals surface area contributed by atoms with Gasteiger partial charge >= 0.3 is 5.69 Å². The minimum atomic E-state index is -0.264. The van der Waals surface area contributed by atoms with Gasteiger partial charge in [-0.05, 0) is 29.8 Å². The van der Waals surface area contributed by atoms with Crippen LogP contribution in [0.15, 0.2) is 77.2 Å². The molecule has 0 aliphatic heterocycles. The molecule has 0 saturated carbocycles. The fourth-order valence-electron chi connectivity index (χ4n) is 2.17. The van der Waals surface area contributed by atoms with Crippen LogP contribution in [0.2, 0.25) is 0 Å². The zero-order chi connectivity index (χ0) is 16.8. The van der Waals surface area contributed by atoms with E-state index in [0.29, 0.717) is 17.5 Å². The zero-order valence-electron chi connectivity index (χ0n) is 13.0. The van der Waals surface area contributed by atoms with Gasteiger partial charge in [0.15, 0.2) is 5.16 Å². The number of aromatic amines is 1. The smallest absolute Gasteiger partial charge is 0.348 e. The van der Waals surface area contributed by atoms with Crippen LogP contribution in [0.25, 0.3) is 5.69 Å². The highest BCUT2D eigenvalue weighted by molar-refractivity contribution is 7.99. The standard InChI is InChI=1S/C18H17N3O2S/c1-2-12-24-18-20-19-17(22)21(18)15-8-10-16(11-9-15)23-13-14-6-4-3-5-7-14/h2-11H,1,12-13H2,(H,19,22). The molecule has 3 aromatic rings. The lowest BCUT2D eigenvalue weighted by Gasteiger charge is -2.08. The summed E-state index contributed by atoms with van der Waals surface area (Å²) in [7, 11) is 0. The molecule has 5 nitrogen and oxygen atoms in total. The van der Waals surface area contributed by atoms with Crippen molar-refractivity contribution in [1.82, 2.24) is 14.8 Å². The Bertz CT molecular complexity index is 854. The Kier molecular flexibility index (Phi) is 5.18. The van der Waals surface area contributed by atoms with E-state index < -0.39 is 0 Å². The van der Waals surface area contributed by atoms with Crippen molar-refractivity contribution in [2.45, 2.75) is 11.8 Å². The normalized spacial score (nSPS) is 10.5. The van der Waals surface area contributed by atoms with Gasteiger partial charge in [0.05, 0.1) is 5.69 Å². The van der Waals surface area contributed by atoms with E-state index in [2.05, 4.69) is 16.8 Å². The molecule has 1 heterocycles. The Hall–Kier alpha value is -2.73. The van der Waals surface area contributed by atoms with Gasteiger partial charge < -0.3 is 4.74 Å². The van der Waals surface area contributed by atoms with Gasteiger partial charge in [-0.3, -0.25) is 0 Å². The van der Waals surface area contributed by atoms with Crippen LogP contribution in [0.5, 0.6) is 5.75 Å². The Morgan fingerprint density at radius 2 is 1.92 bits per heavy atom. The zero-order valence-corrected chi connectivity index (χ0v) is 13.8. The van der Waals surface area contributed by atoms with E-state index >= 15 is 0 Å². The maximum absolute atomic E-state index is 12.0. The summed E-state index contributed by atoms with van der Waals surface area (Å²) in [5.41, 5.74) is 1.59. The first-order chi connectivity index (χ1) is 11.8. The highest BCUT2D eigenvalue weighted by Crippen LogP contribution is 2.20. The first kappa shape index (κ1) is 16.1. The molecule has 122 valence electrons. The molecule has 1 N–H and O–H groups in total. The minimum Gasteiger partial charge on any atom is -0.489 e. The number of nitrogens with zero attached hydrogens (tertiary/aromatic N) is 2. The number of aromatic nitrogens is 3. The molecule has 1 aromatic heterocycles. The fraction of sp³-hybridized carbons (Fsp3) is 0.111. The summed E-state index contributed by atoms with van der Waals surface area (Å²) in [6.45, 7) is 4.19. The number of hydrogen-bond acceptors (Lipinski definition) is 4. The second kappa shape index (κ2) is 7.70. The Balaban J connectivity index is 1.74. The van der Waals surface area contributed by atoms with Gasteiger partial charge in [0, 0.05) is 5.75 Å². The van der Waals surface area contributed by atoms with Crippen LogP contribution >= 0.6 is 11.8 Å². The van der Waals surface area contributed by atoms with Crippen molar-refractivity contribution in [2.24, 2.45) is 0 Å². The van der Waals surface area contributed by atoms with Crippen molar-refractivity contribution in [3.8, 4) is 11.4 Å². The van der Waals surface area contributed by atoms with Crippen LogP contribution in [-0.4, -0.2) is 20.5 Å². The summed E-state index contributed by atoms with van der Waals surface area (Å²) in [5, 5.41) is 7.12. The molecular formula is C18H17N3O2S. The second-order valence-corrected chi connectivity index (χ2v) is 6.00. The molecule has 3 rings (SSSR count). The number of H-pyrrole nitrogens is 1. The fourth-order valence-corrected chi connectivity index (χ4v) is 2.87. The molecule has 0 fully saturated rings. The van der Waals surface area contributed by atoms with Crippen molar-refractivity contribution in [3.63, 3.8) is 0 Å². The van der Waals surface area contributed by atoms with Gasteiger partial charge in [-0.2, -0.15) is 0 Å². The third-order valence-corrected chi connectivity index (χ3v) is 4.25. The molecule has 6 heteroatoms. The van der Waals surface area contributed by atoms with Crippen LogP contribution in [0.3, 0.4) is 0 Å². The van der Waals surface area contributed by atoms with Crippen molar-refractivity contribution in [1.29, 1.82) is 0 Å². The molecule has 0 saturated heterocycles. The molecule has 0 aliphatic carbocycles. The maximum atomic E-state index is 12.0. The van der Waals surface area contributed by atoms with Gasteiger partial charge in [0.2, 0.25) is 0 Å². The van der Waals surface area contributed by atoms with Crippen LogP contribution in [0.1, 0.15) is 5.56 Å². The summed E-state index contributed by atoms with van der Waals surface area (Å²) < 4.78 is 7.30. The molecule has 0 spiro atoms. The SMILES string of the molecule is C=CCSc1n[nH]c(=O)n1-c1ccc(OCc2ccccc2)cc1. The molecule has 2 aromatic carbocycles. The molecule has 0 radical (unpaired) electrons. The van der Waals surface area contributed by atoms with Crippen molar-refractivity contribution in [3.05, 3.63) is 83.3 Å². The monoisotopic (exact) mass is 339 g/mol. The first-order valence-electron chi connectivity index (χ1n) is 7.46. The van der Waals surface area contributed by atoms with Crippen molar-refractivity contribution >= 4 is 11.8 Å². The number of nitrogens with one attached hydrogen (secondary N) is 1. The third-order valence-electron chi connectivity index (χ3n) is 3.32. The van der Waals surface area contributed by atoms with E-state index in [4.69, 9.17) is 4.74 Å². The van der Waals surface area contributed by atoms with Crippen molar-refractivity contribution < 1.29 is 4.74 Å². The second-order valence-electron chi connectivity index (χ2n) is 5.01. The van der Waals surface area contributed by atoms with Crippen LogP contribution < -0.4 is 10.4 Å². The van der Waals surface area contributed by atoms with E-state index in [1.165, 1.54) is 16.3 Å². The van der Waals surface area contributed by atoms with E-state index in [0.717, 1.165) is 17.0 Å². The van der Waals surface area contributed by atoms with Gasteiger partial charge in [0.25, 0.3) is 0 Å². The molecule has 0 amide bonds. The lowest BCUT2D eigenvalue weighted by molar-refractivity contribution is 0.306. The Labute approximate surface area is 144 Å². The number of rotatable bonds is 7. The molecule has 0 bridgehead atoms. The summed E-state index contributed by atoms with van der Waals surface area (Å²) >= 11 is 1.45. The number of benzene rings is 2. The average molecular weight is 339 g/mol. The van der Waals surface area contributed by atoms with Crippen LogP contribution in [-0.2, 0) is 6.61 Å². The summed E-state index contributed by atoms with van der Waals surface area (Å²) in [4.78, 5) is 12.0. The number of hydrogen-bond donors (Lipinski definition) is 1. The van der Waals surface area contributed by atoms with Gasteiger partial charge in [-0.25, -0.2) is 14.5 Å². The molecule has 0 unspecified atom stereocenters. The highest BCUT2D eigenvalue weighted by Gasteiger charge is 2.10. The van der Waals surface area contributed by atoms with E-state index in [1.807, 2.05) is 54.6 Å². The van der Waals surface area contributed by atoms with Crippen LogP contribution in [0, 0.1) is 0 Å². The molecule has 0 atom stereocenters. The first-order valence-corrected chi connectivity index (χ1v) is 8.45. The predicted molar refractivity (Wildman–Crippen MR) is 95.9 cm³/mol. The van der Waals surface area contributed by atoms with Gasteiger partial charge in [0.1, 0.15) is 12.4 Å². The minimum absolute atomic E-state index is 0.264. The van der Waals surface area contributed by atoms with E-state index in [-0.39, 0.29) is 5.69 Å². The molecule has 24 heavy (non-hydrogen) atoms. The molecule has 0 aliphatic rings. The average Bonchev–Trinajstić information content (AvgIpc) is 3.00. The van der Waals surface area contributed by atoms with E-state index in [1.54, 1.807) is 6.08 Å². The Morgan fingerprint density at radius 3 is 2.62 bits per heavy atom. The van der Waals surface area contributed by atoms with Gasteiger partial charge in [-0.1, -0.05) is 48.2 Å². The third kappa shape index (κ3) is 3.78. The van der Waals surface area contributed by atoms with E-state index in [9.17, 15) is 4.79 Å². The summed E-state index contributed by atoms with van der Waals surface area (Å²) in [6.07, 6.45) is 1.77.